The van der Waals surface area contributed by atoms with Crippen LogP contribution in [0.4, 0.5) is 0 Å². The maximum atomic E-state index is 11.1. The molecule has 2 aromatic rings. The largest absolute Gasteiger partial charge is 0.374 e. The number of aliphatic hydroxyl groups is 1. The number of hydrogen-bond acceptors (Lipinski definition) is 3. The summed E-state index contributed by atoms with van der Waals surface area (Å²) in [6.45, 7) is 1.62. The molecule has 21 heavy (non-hydrogen) atoms. The van der Waals surface area contributed by atoms with Crippen LogP contribution in [0.25, 0.3) is 11.1 Å². The van der Waals surface area contributed by atoms with Crippen molar-refractivity contribution in [3.63, 3.8) is 0 Å². The van der Waals surface area contributed by atoms with Gasteiger partial charge in [-0.15, -0.1) is 0 Å². The third-order valence-electron chi connectivity index (χ3n) is 3.50. The first kappa shape index (κ1) is 15.4. The van der Waals surface area contributed by atoms with Crippen molar-refractivity contribution in [3.8, 4) is 11.1 Å². The van der Waals surface area contributed by atoms with Gasteiger partial charge in [0.1, 0.15) is 12.0 Å². The molecule has 110 valence electrons. The number of aliphatic hydroxyl groups excluding tert-OH is 1. The lowest BCUT2D eigenvalue weighted by atomic mass is 9.99. The van der Waals surface area contributed by atoms with Gasteiger partial charge in [-0.2, -0.15) is 0 Å². The molecule has 0 amide bonds. The second-order valence-corrected chi connectivity index (χ2v) is 5.22. The Morgan fingerprint density at radius 3 is 2.48 bits per heavy atom. The van der Waals surface area contributed by atoms with Crippen LogP contribution in [0.1, 0.15) is 30.7 Å². The lowest BCUT2D eigenvalue weighted by Gasteiger charge is -2.11. The maximum Gasteiger partial charge on any atom is 0.130 e. The SMILES string of the molecule is CNC(O)c1cccc(-c2cccc(CCC(C)=O)c2)c1. The van der Waals surface area contributed by atoms with Crippen molar-refractivity contribution < 1.29 is 9.90 Å². The molecule has 1 atom stereocenters. The predicted molar refractivity (Wildman–Crippen MR) is 84.9 cm³/mol. The number of carbonyl (C=O) groups is 1. The summed E-state index contributed by atoms with van der Waals surface area (Å²) < 4.78 is 0. The van der Waals surface area contributed by atoms with E-state index in [1.165, 1.54) is 0 Å². The number of benzene rings is 2. The Kier molecular flexibility index (Phi) is 5.26. The average molecular weight is 283 g/mol. The van der Waals surface area contributed by atoms with Gasteiger partial charge in [-0.1, -0.05) is 42.5 Å². The number of carbonyl (C=O) groups excluding carboxylic acids is 1. The molecule has 0 bridgehead atoms. The summed E-state index contributed by atoms with van der Waals surface area (Å²) in [5.74, 6) is 0.208. The lowest BCUT2D eigenvalue weighted by molar-refractivity contribution is -0.116. The Bertz CT molecular complexity index is 622. The Morgan fingerprint density at radius 1 is 1.14 bits per heavy atom. The molecule has 0 radical (unpaired) electrons. The Hall–Kier alpha value is -1.97. The minimum Gasteiger partial charge on any atom is -0.374 e. The second kappa shape index (κ2) is 7.16. The van der Waals surface area contributed by atoms with Gasteiger partial charge in [-0.05, 0) is 48.7 Å². The summed E-state index contributed by atoms with van der Waals surface area (Å²) in [5, 5.41) is 12.7. The maximum absolute atomic E-state index is 11.1. The highest BCUT2D eigenvalue weighted by Gasteiger charge is 2.06. The van der Waals surface area contributed by atoms with Crippen molar-refractivity contribution in [2.24, 2.45) is 0 Å². The van der Waals surface area contributed by atoms with E-state index in [1.807, 2.05) is 42.5 Å². The third-order valence-corrected chi connectivity index (χ3v) is 3.50. The molecule has 0 fully saturated rings. The lowest BCUT2D eigenvalue weighted by Crippen LogP contribution is -2.14. The van der Waals surface area contributed by atoms with Crippen molar-refractivity contribution in [3.05, 3.63) is 59.7 Å². The van der Waals surface area contributed by atoms with E-state index in [0.717, 1.165) is 28.7 Å². The van der Waals surface area contributed by atoms with Crippen molar-refractivity contribution >= 4 is 5.78 Å². The van der Waals surface area contributed by atoms with E-state index < -0.39 is 6.23 Å². The molecule has 0 aliphatic rings. The monoisotopic (exact) mass is 283 g/mol. The van der Waals surface area contributed by atoms with E-state index in [2.05, 4.69) is 11.4 Å². The third kappa shape index (κ3) is 4.25. The van der Waals surface area contributed by atoms with Crippen LogP contribution in [-0.2, 0) is 11.2 Å². The van der Waals surface area contributed by atoms with Crippen LogP contribution < -0.4 is 5.32 Å². The molecule has 2 rings (SSSR count). The van der Waals surface area contributed by atoms with Gasteiger partial charge in [-0.3, -0.25) is 5.32 Å². The number of Topliss-reactive ketones (excluding diaryl/α,β-unsaturated/α-hetero) is 1. The molecule has 1 unspecified atom stereocenters. The number of rotatable bonds is 6. The van der Waals surface area contributed by atoms with Crippen LogP contribution in [-0.4, -0.2) is 17.9 Å². The summed E-state index contributed by atoms with van der Waals surface area (Å²) >= 11 is 0. The molecule has 0 heterocycles. The molecule has 2 N–H and O–H groups in total. The summed E-state index contributed by atoms with van der Waals surface area (Å²) in [5.41, 5.74) is 4.15. The van der Waals surface area contributed by atoms with E-state index in [4.69, 9.17) is 0 Å². The first-order valence-electron chi connectivity index (χ1n) is 7.14. The minimum absolute atomic E-state index is 0.208. The quantitative estimate of drug-likeness (QED) is 0.801. The molecular weight excluding hydrogens is 262 g/mol. The molecule has 3 nitrogen and oxygen atoms in total. The van der Waals surface area contributed by atoms with Crippen molar-refractivity contribution in [2.45, 2.75) is 26.0 Å². The Balaban J connectivity index is 2.25. The fourth-order valence-corrected chi connectivity index (χ4v) is 2.28. The standard InChI is InChI=1S/C18H21NO2/c1-13(20)9-10-14-5-3-6-15(11-14)16-7-4-8-17(12-16)18(21)19-2/h3-8,11-12,18-19,21H,9-10H2,1-2H3. The van der Waals surface area contributed by atoms with Crippen molar-refractivity contribution in [1.29, 1.82) is 0 Å². The first-order chi connectivity index (χ1) is 10.1. The fourth-order valence-electron chi connectivity index (χ4n) is 2.28. The van der Waals surface area contributed by atoms with Gasteiger partial charge in [0.25, 0.3) is 0 Å². The van der Waals surface area contributed by atoms with Gasteiger partial charge in [0.15, 0.2) is 0 Å². The summed E-state index contributed by atoms with van der Waals surface area (Å²) in [7, 11) is 1.72. The topological polar surface area (TPSA) is 49.3 Å². The Morgan fingerprint density at radius 2 is 1.81 bits per heavy atom. The van der Waals surface area contributed by atoms with E-state index in [1.54, 1.807) is 14.0 Å². The van der Waals surface area contributed by atoms with E-state index >= 15 is 0 Å². The zero-order chi connectivity index (χ0) is 15.2. The zero-order valence-electron chi connectivity index (χ0n) is 12.5. The summed E-state index contributed by atoms with van der Waals surface area (Å²) in [6.07, 6.45) is 0.676. The second-order valence-electron chi connectivity index (χ2n) is 5.22. The Labute approximate surface area is 125 Å². The molecule has 3 heteroatoms. The molecule has 0 aromatic heterocycles. The summed E-state index contributed by atoms with van der Waals surface area (Å²) in [6, 6.07) is 16.0. The van der Waals surface area contributed by atoms with Gasteiger partial charge >= 0.3 is 0 Å². The molecule has 0 spiro atoms. The van der Waals surface area contributed by atoms with E-state index in [-0.39, 0.29) is 5.78 Å². The van der Waals surface area contributed by atoms with Gasteiger partial charge < -0.3 is 9.90 Å². The van der Waals surface area contributed by atoms with Gasteiger partial charge in [-0.25, -0.2) is 0 Å². The van der Waals surface area contributed by atoms with E-state index in [9.17, 15) is 9.90 Å². The van der Waals surface area contributed by atoms with Crippen molar-refractivity contribution in [1.82, 2.24) is 5.32 Å². The summed E-state index contributed by atoms with van der Waals surface area (Å²) in [4.78, 5) is 11.1. The van der Waals surface area contributed by atoms with Crippen LogP contribution in [0.2, 0.25) is 0 Å². The number of ketones is 1. The van der Waals surface area contributed by atoms with Crippen molar-refractivity contribution in [2.75, 3.05) is 7.05 Å². The number of aryl methyl sites for hydroxylation is 1. The molecule has 0 saturated carbocycles. The average Bonchev–Trinajstić information content (AvgIpc) is 2.52. The normalized spacial score (nSPS) is 12.1. The van der Waals surface area contributed by atoms with Gasteiger partial charge in [0.05, 0.1) is 0 Å². The molecular formula is C18H21NO2. The van der Waals surface area contributed by atoms with Crippen LogP contribution in [0.5, 0.6) is 0 Å². The number of hydrogen-bond donors (Lipinski definition) is 2. The van der Waals surface area contributed by atoms with Crippen LogP contribution >= 0.6 is 0 Å². The predicted octanol–water partition coefficient (Wildman–Crippen LogP) is 3.09. The number of nitrogens with one attached hydrogen (secondary N) is 1. The molecule has 2 aromatic carbocycles. The van der Waals surface area contributed by atoms with Gasteiger partial charge in [0, 0.05) is 6.42 Å². The first-order valence-corrected chi connectivity index (χ1v) is 7.14. The van der Waals surface area contributed by atoms with Crippen LogP contribution in [0, 0.1) is 0 Å². The highest BCUT2D eigenvalue weighted by molar-refractivity contribution is 5.75. The highest BCUT2D eigenvalue weighted by atomic mass is 16.3. The molecule has 0 saturated heterocycles. The fraction of sp³-hybridized carbons (Fsp3) is 0.278. The smallest absolute Gasteiger partial charge is 0.130 e. The van der Waals surface area contributed by atoms with Gasteiger partial charge in [0.2, 0.25) is 0 Å². The van der Waals surface area contributed by atoms with Crippen LogP contribution in [0.3, 0.4) is 0 Å². The van der Waals surface area contributed by atoms with E-state index in [0.29, 0.717) is 6.42 Å². The zero-order valence-corrected chi connectivity index (χ0v) is 12.5. The molecule has 0 aliphatic heterocycles. The molecule has 0 aliphatic carbocycles. The highest BCUT2D eigenvalue weighted by Crippen LogP contribution is 2.24. The van der Waals surface area contributed by atoms with Crippen LogP contribution in [0.15, 0.2) is 48.5 Å². The minimum atomic E-state index is -0.661.